The van der Waals surface area contributed by atoms with Crippen molar-refractivity contribution in [3.8, 4) is 16.8 Å². The molecule has 1 aliphatic rings. The smallest absolute Gasteiger partial charge is 0.163 e. The average molecular weight is 783 g/mol. The maximum Gasteiger partial charge on any atom is 0.163 e. The van der Waals surface area contributed by atoms with Crippen LogP contribution in [0.5, 0.6) is 0 Å². The zero-order chi connectivity index (χ0) is 40.0. The van der Waals surface area contributed by atoms with Crippen LogP contribution >= 0.6 is 0 Å². The van der Waals surface area contributed by atoms with E-state index in [1.807, 2.05) is 36.4 Å². The molecule has 9 aromatic carbocycles. The summed E-state index contributed by atoms with van der Waals surface area (Å²) in [6.45, 7) is 0. The van der Waals surface area contributed by atoms with Gasteiger partial charge in [0, 0.05) is 38.0 Å². The summed E-state index contributed by atoms with van der Waals surface area (Å²) in [5, 5.41) is 12.7. The molecule has 6 nitrogen and oxygen atoms in total. The molecule has 286 valence electrons. The first-order valence-electron chi connectivity index (χ1n) is 20.6. The SMILES string of the molecule is c1ccc(-c2ccc(C3N=C(c4cccc5c4oc4ccccc45)N=C(c4cc(-n5c6ccccc6c6cc7ccccc7cc65)cc5c4oc4ccccc45)N3)cc2)cc1. The molecule has 0 amide bonds. The highest BCUT2D eigenvalue weighted by atomic mass is 16.3. The number of aromatic nitrogens is 1. The van der Waals surface area contributed by atoms with Crippen molar-refractivity contribution in [2.24, 2.45) is 9.98 Å². The predicted molar refractivity (Wildman–Crippen MR) is 250 cm³/mol. The van der Waals surface area contributed by atoms with E-state index in [0.29, 0.717) is 11.7 Å². The number of aliphatic imine (C=N–C) groups is 2. The molecule has 0 radical (unpaired) electrons. The molecular formula is C55H34N4O2. The third-order valence-corrected chi connectivity index (χ3v) is 12.2. The zero-order valence-corrected chi connectivity index (χ0v) is 32.7. The quantitative estimate of drug-likeness (QED) is 0.189. The fraction of sp³-hybridized carbons (Fsp3) is 0.0182. The van der Waals surface area contributed by atoms with E-state index in [4.69, 9.17) is 18.8 Å². The minimum Gasteiger partial charge on any atom is -0.455 e. The molecule has 1 atom stereocenters. The van der Waals surface area contributed by atoms with Crippen molar-refractivity contribution in [3.63, 3.8) is 0 Å². The first-order chi connectivity index (χ1) is 30.2. The van der Waals surface area contributed by atoms with Crippen LogP contribution in [0.25, 0.3) is 93.3 Å². The summed E-state index contributed by atoms with van der Waals surface area (Å²) in [6, 6.07) is 68.1. The van der Waals surface area contributed by atoms with Gasteiger partial charge in [-0.1, -0.05) is 146 Å². The van der Waals surface area contributed by atoms with E-state index in [-0.39, 0.29) is 0 Å². The largest absolute Gasteiger partial charge is 0.455 e. The summed E-state index contributed by atoms with van der Waals surface area (Å²) in [7, 11) is 0. The number of nitrogens with one attached hydrogen (secondary N) is 1. The van der Waals surface area contributed by atoms with E-state index in [0.717, 1.165) is 88.4 Å². The molecule has 6 heteroatoms. The van der Waals surface area contributed by atoms with Crippen molar-refractivity contribution in [1.82, 2.24) is 9.88 Å². The maximum absolute atomic E-state index is 6.81. The second-order valence-corrected chi connectivity index (χ2v) is 15.8. The second kappa shape index (κ2) is 13.1. The van der Waals surface area contributed by atoms with Gasteiger partial charge in [-0.15, -0.1) is 0 Å². The van der Waals surface area contributed by atoms with E-state index in [2.05, 4.69) is 168 Å². The lowest BCUT2D eigenvalue weighted by Gasteiger charge is -2.24. The molecule has 61 heavy (non-hydrogen) atoms. The van der Waals surface area contributed by atoms with Crippen molar-refractivity contribution in [1.29, 1.82) is 0 Å². The molecule has 3 aromatic heterocycles. The van der Waals surface area contributed by atoms with Crippen molar-refractivity contribution >= 4 is 88.1 Å². The molecule has 4 heterocycles. The fourth-order valence-corrected chi connectivity index (χ4v) is 9.34. The molecule has 12 aromatic rings. The van der Waals surface area contributed by atoms with Gasteiger partial charge >= 0.3 is 0 Å². The standard InChI is InChI=1S/C55H34N4O2/c1-2-13-33(14-3-1)34-25-27-35(28-26-34)53-56-54(43-21-12-20-42-40-18-7-10-23-49(40)60-51(42)43)58-55(57-53)46-32-38(31-45-41-19-8-11-24-50(41)61-52(45)46)59-47-22-9-6-17-39(47)44-29-36-15-4-5-16-37(36)30-48(44)59/h1-32,53H,(H,56,57,58). The highest BCUT2D eigenvalue weighted by molar-refractivity contribution is 6.23. The maximum atomic E-state index is 6.81. The Balaban J connectivity index is 1.06. The number of fused-ring (bicyclic) bond motifs is 10. The van der Waals surface area contributed by atoms with Crippen molar-refractivity contribution in [3.05, 3.63) is 211 Å². The third-order valence-electron chi connectivity index (χ3n) is 12.2. The molecule has 0 saturated heterocycles. The lowest BCUT2D eigenvalue weighted by Crippen LogP contribution is -2.33. The first kappa shape index (κ1) is 33.7. The van der Waals surface area contributed by atoms with Crippen LogP contribution in [0.15, 0.2) is 213 Å². The van der Waals surface area contributed by atoms with Crippen LogP contribution in [0.4, 0.5) is 0 Å². The van der Waals surface area contributed by atoms with Crippen molar-refractivity contribution in [2.75, 3.05) is 0 Å². The van der Waals surface area contributed by atoms with Gasteiger partial charge in [-0.3, -0.25) is 0 Å². The van der Waals surface area contributed by atoms with E-state index in [9.17, 15) is 0 Å². The highest BCUT2D eigenvalue weighted by Gasteiger charge is 2.27. The number of hydrogen-bond donors (Lipinski definition) is 1. The third kappa shape index (κ3) is 5.29. The van der Waals surface area contributed by atoms with Gasteiger partial charge in [-0.2, -0.15) is 0 Å². The monoisotopic (exact) mass is 782 g/mol. The Morgan fingerprint density at radius 2 is 1.07 bits per heavy atom. The lowest BCUT2D eigenvalue weighted by atomic mass is 10.0. The molecule has 0 saturated carbocycles. The van der Waals surface area contributed by atoms with E-state index >= 15 is 0 Å². The molecule has 0 aliphatic carbocycles. The summed E-state index contributed by atoms with van der Waals surface area (Å²) in [6.07, 6.45) is -0.463. The predicted octanol–water partition coefficient (Wildman–Crippen LogP) is 13.9. The number of para-hydroxylation sites is 4. The number of furan rings is 2. The second-order valence-electron chi connectivity index (χ2n) is 15.8. The minimum atomic E-state index is -0.463. The molecule has 1 N–H and O–H groups in total. The van der Waals surface area contributed by atoms with Crippen LogP contribution in [-0.4, -0.2) is 16.2 Å². The number of hydrogen-bond acceptors (Lipinski definition) is 5. The van der Waals surface area contributed by atoms with Crippen molar-refractivity contribution < 1.29 is 8.83 Å². The van der Waals surface area contributed by atoms with Gasteiger partial charge in [0.2, 0.25) is 0 Å². The van der Waals surface area contributed by atoms with Crippen LogP contribution in [0.2, 0.25) is 0 Å². The molecule has 13 rings (SSSR count). The first-order valence-corrected chi connectivity index (χ1v) is 20.6. The lowest BCUT2D eigenvalue weighted by molar-refractivity contribution is 0.657. The van der Waals surface area contributed by atoms with Gasteiger partial charge in [0.1, 0.15) is 34.3 Å². The van der Waals surface area contributed by atoms with Gasteiger partial charge in [-0.05, 0) is 76.0 Å². The molecule has 0 spiro atoms. The molecule has 0 bridgehead atoms. The fourth-order valence-electron chi connectivity index (χ4n) is 9.34. The minimum absolute atomic E-state index is 0.463. The van der Waals surface area contributed by atoms with Gasteiger partial charge in [0.25, 0.3) is 0 Å². The van der Waals surface area contributed by atoms with Crippen LogP contribution in [0.3, 0.4) is 0 Å². The summed E-state index contributed by atoms with van der Waals surface area (Å²) in [5.41, 5.74) is 11.4. The normalized spacial score (nSPS) is 14.4. The van der Waals surface area contributed by atoms with Gasteiger partial charge in [-0.25, -0.2) is 9.98 Å². The molecule has 1 unspecified atom stereocenters. The Kier molecular flexibility index (Phi) is 7.27. The number of amidine groups is 2. The average Bonchev–Trinajstić information content (AvgIpc) is 4.00. The van der Waals surface area contributed by atoms with E-state index in [1.165, 1.54) is 21.5 Å². The molecule has 0 fully saturated rings. The number of rotatable bonds is 5. The van der Waals surface area contributed by atoms with Gasteiger partial charge in [0.05, 0.1) is 22.2 Å². The number of benzene rings is 9. The van der Waals surface area contributed by atoms with E-state index in [1.54, 1.807) is 0 Å². The summed E-state index contributed by atoms with van der Waals surface area (Å²) >= 11 is 0. The summed E-state index contributed by atoms with van der Waals surface area (Å²) < 4.78 is 15.8. The van der Waals surface area contributed by atoms with Crippen LogP contribution in [-0.2, 0) is 0 Å². The Morgan fingerprint density at radius 3 is 1.85 bits per heavy atom. The Hall–Kier alpha value is -8.22. The van der Waals surface area contributed by atoms with Gasteiger partial charge in [0.15, 0.2) is 5.84 Å². The van der Waals surface area contributed by atoms with E-state index < -0.39 is 6.17 Å². The van der Waals surface area contributed by atoms with Crippen LogP contribution in [0, 0.1) is 0 Å². The Morgan fingerprint density at radius 1 is 0.443 bits per heavy atom. The zero-order valence-electron chi connectivity index (χ0n) is 32.7. The molecular weight excluding hydrogens is 749 g/mol. The summed E-state index contributed by atoms with van der Waals surface area (Å²) in [4.78, 5) is 10.8. The number of nitrogens with zero attached hydrogens (tertiary/aromatic N) is 3. The Bertz CT molecular complexity index is 3790. The van der Waals surface area contributed by atoms with Crippen LogP contribution < -0.4 is 5.32 Å². The molecule has 1 aliphatic heterocycles. The summed E-state index contributed by atoms with van der Waals surface area (Å²) in [5.74, 6) is 1.24. The highest BCUT2D eigenvalue weighted by Crippen LogP contribution is 2.40. The van der Waals surface area contributed by atoms with Crippen molar-refractivity contribution in [2.45, 2.75) is 6.17 Å². The van der Waals surface area contributed by atoms with Crippen LogP contribution in [0.1, 0.15) is 22.9 Å². The van der Waals surface area contributed by atoms with Gasteiger partial charge < -0.3 is 18.7 Å². The Labute approximate surface area is 349 Å². The topological polar surface area (TPSA) is 68.0 Å².